The van der Waals surface area contributed by atoms with E-state index >= 15 is 0 Å². The van der Waals surface area contributed by atoms with Crippen LogP contribution in [-0.4, -0.2) is 51.2 Å². The number of hydrogen-bond donors (Lipinski definition) is 1. The van der Waals surface area contributed by atoms with Crippen LogP contribution in [0, 0.1) is 0 Å². The molecule has 0 aromatic heterocycles. The molecule has 1 saturated carbocycles. The molecule has 0 saturated heterocycles. The van der Waals surface area contributed by atoms with Gasteiger partial charge in [-0.2, -0.15) is 0 Å². The zero-order valence-corrected chi connectivity index (χ0v) is 18.4. The summed E-state index contributed by atoms with van der Waals surface area (Å²) >= 11 is 0. The molecule has 2 aromatic rings. The lowest BCUT2D eigenvalue weighted by Gasteiger charge is -2.34. The lowest BCUT2D eigenvalue weighted by molar-refractivity contribution is -0.122. The fraction of sp³-hybridized carbons (Fsp3) is 0.480. The molecule has 3 rings (SSSR count). The van der Waals surface area contributed by atoms with Gasteiger partial charge in [-0.25, -0.2) is 0 Å². The van der Waals surface area contributed by atoms with Crippen molar-refractivity contribution in [2.24, 2.45) is 0 Å². The molecular formula is C25H34N2O3. The number of rotatable bonds is 9. The Morgan fingerprint density at radius 1 is 1.00 bits per heavy atom. The maximum Gasteiger partial charge on any atom is 0.234 e. The molecule has 1 amide bonds. The van der Waals surface area contributed by atoms with Gasteiger partial charge in [0.2, 0.25) is 5.91 Å². The van der Waals surface area contributed by atoms with E-state index in [4.69, 9.17) is 9.47 Å². The SMILES string of the molecule is COc1ccc(CCNC(=O)CN(C)C2CCC(c3ccccc3)CC2)cc1OC. The second kappa shape index (κ2) is 11.0. The van der Waals surface area contributed by atoms with Crippen molar-refractivity contribution in [1.29, 1.82) is 0 Å². The van der Waals surface area contributed by atoms with Crippen LogP contribution in [-0.2, 0) is 11.2 Å². The third kappa shape index (κ3) is 5.99. The van der Waals surface area contributed by atoms with Crippen molar-refractivity contribution in [1.82, 2.24) is 10.2 Å². The molecule has 0 atom stereocenters. The summed E-state index contributed by atoms with van der Waals surface area (Å²) in [4.78, 5) is 14.6. The van der Waals surface area contributed by atoms with E-state index in [1.165, 1.54) is 18.4 Å². The molecule has 5 heteroatoms. The van der Waals surface area contributed by atoms with Crippen LogP contribution in [0.15, 0.2) is 48.5 Å². The Hall–Kier alpha value is -2.53. The van der Waals surface area contributed by atoms with E-state index in [1.54, 1.807) is 14.2 Å². The van der Waals surface area contributed by atoms with Crippen molar-refractivity contribution in [3.8, 4) is 11.5 Å². The van der Waals surface area contributed by atoms with Gasteiger partial charge in [-0.05, 0) is 68.3 Å². The zero-order valence-electron chi connectivity index (χ0n) is 18.4. The Labute approximate surface area is 180 Å². The van der Waals surface area contributed by atoms with Gasteiger partial charge in [-0.3, -0.25) is 9.69 Å². The first-order valence-corrected chi connectivity index (χ1v) is 10.8. The number of ether oxygens (including phenoxy) is 2. The normalized spacial score (nSPS) is 18.8. The largest absolute Gasteiger partial charge is 0.493 e. The smallest absolute Gasteiger partial charge is 0.234 e. The highest BCUT2D eigenvalue weighted by Gasteiger charge is 2.25. The maximum absolute atomic E-state index is 12.4. The van der Waals surface area contributed by atoms with E-state index in [9.17, 15) is 4.79 Å². The number of hydrogen-bond acceptors (Lipinski definition) is 4. The number of benzene rings is 2. The van der Waals surface area contributed by atoms with E-state index in [0.717, 1.165) is 24.8 Å². The highest BCUT2D eigenvalue weighted by Crippen LogP contribution is 2.34. The van der Waals surface area contributed by atoms with Gasteiger partial charge in [0.1, 0.15) is 0 Å². The number of nitrogens with one attached hydrogen (secondary N) is 1. The van der Waals surface area contributed by atoms with Crippen LogP contribution < -0.4 is 14.8 Å². The molecule has 0 radical (unpaired) electrons. The standard InChI is InChI=1S/C25H34N2O3/c1-27(22-12-10-21(11-13-22)20-7-5-4-6-8-20)18-25(28)26-16-15-19-9-14-23(29-2)24(17-19)30-3/h4-9,14,17,21-22H,10-13,15-16,18H2,1-3H3,(H,26,28). The first-order valence-electron chi connectivity index (χ1n) is 10.8. The van der Waals surface area contributed by atoms with Crippen molar-refractivity contribution in [3.63, 3.8) is 0 Å². The van der Waals surface area contributed by atoms with E-state index in [0.29, 0.717) is 36.5 Å². The summed E-state index contributed by atoms with van der Waals surface area (Å²) in [5.74, 6) is 2.18. The summed E-state index contributed by atoms with van der Waals surface area (Å²) < 4.78 is 10.6. The minimum atomic E-state index is 0.0863. The van der Waals surface area contributed by atoms with Crippen LogP contribution in [0.4, 0.5) is 0 Å². The van der Waals surface area contributed by atoms with Crippen LogP contribution in [0.5, 0.6) is 11.5 Å². The minimum Gasteiger partial charge on any atom is -0.493 e. The molecular weight excluding hydrogens is 376 g/mol. The maximum atomic E-state index is 12.4. The molecule has 1 fully saturated rings. The third-order valence-corrected chi connectivity index (χ3v) is 6.17. The first-order chi connectivity index (χ1) is 14.6. The zero-order chi connectivity index (χ0) is 21.3. The van der Waals surface area contributed by atoms with Gasteiger partial charge < -0.3 is 14.8 Å². The van der Waals surface area contributed by atoms with Gasteiger partial charge in [-0.15, -0.1) is 0 Å². The van der Waals surface area contributed by atoms with Crippen molar-refractivity contribution >= 4 is 5.91 Å². The van der Waals surface area contributed by atoms with Gasteiger partial charge >= 0.3 is 0 Å². The third-order valence-electron chi connectivity index (χ3n) is 6.17. The summed E-state index contributed by atoms with van der Waals surface area (Å²) in [6.45, 7) is 1.06. The summed E-state index contributed by atoms with van der Waals surface area (Å²) in [6, 6.07) is 17.2. The van der Waals surface area contributed by atoms with Crippen LogP contribution in [0.25, 0.3) is 0 Å². The molecule has 1 aliphatic rings. The lowest BCUT2D eigenvalue weighted by atomic mass is 9.81. The predicted molar refractivity (Wildman–Crippen MR) is 120 cm³/mol. The van der Waals surface area contributed by atoms with Crippen LogP contribution in [0.3, 0.4) is 0 Å². The minimum absolute atomic E-state index is 0.0863. The molecule has 2 aromatic carbocycles. The molecule has 0 unspecified atom stereocenters. The fourth-order valence-corrected chi connectivity index (χ4v) is 4.37. The molecule has 30 heavy (non-hydrogen) atoms. The first kappa shape index (κ1) is 22.2. The number of nitrogens with zero attached hydrogens (tertiary/aromatic N) is 1. The number of amides is 1. The molecule has 162 valence electrons. The second-order valence-electron chi connectivity index (χ2n) is 8.12. The second-order valence-corrected chi connectivity index (χ2v) is 8.12. The molecule has 5 nitrogen and oxygen atoms in total. The van der Waals surface area contributed by atoms with E-state index in [-0.39, 0.29) is 5.91 Å². The van der Waals surface area contributed by atoms with Gasteiger partial charge in [0.05, 0.1) is 20.8 Å². The van der Waals surface area contributed by atoms with Crippen LogP contribution in [0.1, 0.15) is 42.7 Å². The molecule has 1 aliphatic carbocycles. The molecule has 0 bridgehead atoms. The van der Waals surface area contributed by atoms with Gasteiger partial charge in [-0.1, -0.05) is 36.4 Å². The highest BCUT2D eigenvalue weighted by molar-refractivity contribution is 5.78. The quantitative estimate of drug-likeness (QED) is 0.678. The number of carbonyl (C=O) groups is 1. The van der Waals surface area contributed by atoms with E-state index in [2.05, 4.69) is 47.6 Å². The van der Waals surface area contributed by atoms with Crippen molar-refractivity contribution in [3.05, 3.63) is 59.7 Å². The number of likely N-dealkylation sites (N-methyl/N-ethyl adjacent to an activating group) is 1. The van der Waals surface area contributed by atoms with Crippen molar-refractivity contribution in [2.45, 2.75) is 44.1 Å². The van der Waals surface area contributed by atoms with Crippen molar-refractivity contribution < 1.29 is 14.3 Å². The average molecular weight is 411 g/mol. The van der Waals surface area contributed by atoms with Gasteiger partial charge in [0, 0.05) is 12.6 Å². The number of carbonyl (C=O) groups excluding carboxylic acids is 1. The average Bonchev–Trinajstić information content (AvgIpc) is 2.79. The molecule has 1 N–H and O–H groups in total. The highest BCUT2D eigenvalue weighted by atomic mass is 16.5. The molecule has 0 aliphatic heterocycles. The molecule has 0 heterocycles. The predicted octanol–water partition coefficient (Wildman–Crippen LogP) is 4.02. The van der Waals surface area contributed by atoms with E-state index < -0.39 is 0 Å². The summed E-state index contributed by atoms with van der Waals surface area (Å²) in [5.41, 5.74) is 2.56. The summed E-state index contributed by atoms with van der Waals surface area (Å²) in [7, 11) is 5.33. The van der Waals surface area contributed by atoms with Crippen molar-refractivity contribution in [2.75, 3.05) is 34.4 Å². The topological polar surface area (TPSA) is 50.8 Å². The molecule has 0 spiro atoms. The van der Waals surface area contributed by atoms with Crippen LogP contribution in [0.2, 0.25) is 0 Å². The Morgan fingerprint density at radius 3 is 2.37 bits per heavy atom. The Kier molecular flexibility index (Phi) is 8.14. The van der Waals surface area contributed by atoms with E-state index in [1.807, 2.05) is 18.2 Å². The Balaban J connectivity index is 1.39. The Bertz CT molecular complexity index is 801. The van der Waals surface area contributed by atoms with Crippen LogP contribution >= 0.6 is 0 Å². The summed E-state index contributed by atoms with van der Waals surface area (Å²) in [5, 5.41) is 3.05. The van der Waals surface area contributed by atoms with Gasteiger partial charge in [0.25, 0.3) is 0 Å². The Morgan fingerprint density at radius 2 is 1.70 bits per heavy atom. The lowest BCUT2D eigenvalue weighted by Crippen LogP contribution is -2.42. The van der Waals surface area contributed by atoms with Gasteiger partial charge in [0.15, 0.2) is 11.5 Å². The monoisotopic (exact) mass is 410 g/mol. The fourth-order valence-electron chi connectivity index (χ4n) is 4.37. The summed E-state index contributed by atoms with van der Waals surface area (Å²) in [6.07, 6.45) is 5.45. The number of methoxy groups -OCH3 is 2.